The average Bonchev–Trinajstić information content (AvgIpc) is 3.30. The summed E-state index contributed by atoms with van der Waals surface area (Å²) in [7, 11) is 1.67. The minimum Gasteiger partial charge on any atom is -0.497 e. The SMILES string of the molecule is CCCCOc1ccc([C@@H]2Oc3ccc(Cl)cc3[C@@H]3CC(c4ccc(OC)cc4)=NN32)cc1. The molecular weight excluding hydrogens is 436 g/mol. The maximum absolute atomic E-state index is 6.45. The van der Waals surface area contributed by atoms with Crippen molar-refractivity contribution >= 4 is 17.3 Å². The molecule has 2 atom stereocenters. The average molecular weight is 463 g/mol. The molecule has 170 valence electrons. The highest BCUT2D eigenvalue weighted by atomic mass is 35.5. The van der Waals surface area contributed by atoms with Crippen LogP contribution in [0.2, 0.25) is 5.02 Å². The van der Waals surface area contributed by atoms with Gasteiger partial charge >= 0.3 is 0 Å². The standard InChI is InChI=1S/C27H27ClN2O3/c1-3-4-15-32-22-12-7-19(8-13-22)27-30-25(23-16-20(28)9-14-26(23)33-27)17-24(29-30)18-5-10-21(31-2)11-6-18/h5-14,16,25,27H,3-4,15,17H2,1-2H3/t25-,27-/m0/s1. The van der Waals surface area contributed by atoms with Gasteiger partial charge in [-0.15, -0.1) is 0 Å². The first-order chi connectivity index (χ1) is 16.2. The van der Waals surface area contributed by atoms with Crippen LogP contribution in [0.3, 0.4) is 0 Å². The molecule has 0 fully saturated rings. The highest BCUT2D eigenvalue weighted by molar-refractivity contribution is 6.30. The molecule has 33 heavy (non-hydrogen) atoms. The third kappa shape index (κ3) is 4.38. The zero-order chi connectivity index (χ0) is 22.8. The molecule has 3 aromatic carbocycles. The van der Waals surface area contributed by atoms with Gasteiger partial charge in [0.05, 0.1) is 25.5 Å². The third-order valence-corrected chi connectivity index (χ3v) is 6.34. The number of hydrogen-bond acceptors (Lipinski definition) is 5. The van der Waals surface area contributed by atoms with Crippen LogP contribution >= 0.6 is 11.6 Å². The lowest BCUT2D eigenvalue weighted by Gasteiger charge is -2.38. The van der Waals surface area contributed by atoms with Gasteiger partial charge in [-0.25, -0.2) is 5.01 Å². The number of hydrazone groups is 1. The molecule has 0 saturated carbocycles. The van der Waals surface area contributed by atoms with E-state index in [9.17, 15) is 0 Å². The van der Waals surface area contributed by atoms with Gasteiger partial charge in [0.2, 0.25) is 6.23 Å². The molecule has 2 aliphatic rings. The van der Waals surface area contributed by atoms with Gasteiger partial charge in [0.15, 0.2) is 0 Å². The maximum atomic E-state index is 6.45. The number of halogens is 1. The molecule has 0 radical (unpaired) electrons. The monoisotopic (exact) mass is 462 g/mol. The number of hydrogen-bond donors (Lipinski definition) is 0. The van der Waals surface area contributed by atoms with Crippen LogP contribution in [0.5, 0.6) is 17.2 Å². The van der Waals surface area contributed by atoms with Gasteiger partial charge in [-0.1, -0.05) is 24.9 Å². The molecule has 5 nitrogen and oxygen atoms in total. The Labute approximate surface area is 199 Å². The van der Waals surface area contributed by atoms with Crippen LogP contribution in [-0.4, -0.2) is 24.4 Å². The Morgan fingerprint density at radius 1 is 1.03 bits per heavy atom. The Hall–Kier alpha value is -3.18. The van der Waals surface area contributed by atoms with E-state index in [1.54, 1.807) is 7.11 Å². The van der Waals surface area contributed by atoms with Gasteiger partial charge in [0, 0.05) is 22.6 Å². The lowest BCUT2D eigenvalue weighted by atomic mass is 9.96. The van der Waals surface area contributed by atoms with Gasteiger partial charge in [-0.3, -0.25) is 0 Å². The summed E-state index contributed by atoms with van der Waals surface area (Å²) in [4.78, 5) is 0. The Morgan fingerprint density at radius 2 is 1.79 bits per heavy atom. The molecule has 0 aliphatic carbocycles. The van der Waals surface area contributed by atoms with E-state index in [1.165, 1.54) is 0 Å². The van der Waals surface area contributed by atoms with Crippen LogP contribution in [0.4, 0.5) is 0 Å². The number of benzene rings is 3. The van der Waals surface area contributed by atoms with E-state index in [2.05, 4.69) is 24.1 Å². The fraction of sp³-hybridized carbons (Fsp3) is 0.296. The molecule has 0 saturated heterocycles. The summed E-state index contributed by atoms with van der Waals surface area (Å²) in [6, 6.07) is 22.0. The van der Waals surface area contributed by atoms with E-state index >= 15 is 0 Å². The van der Waals surface area contributed by atoms with Crippen molar-refractivity contribution in [2.24, 2.45) is 5.10 Å². The second kappa shape index (κ2) is 9.36. The van der Waals surface area contributed by atoms with E-state index in [1.807, 2.05) is 54.6 Å². The molecule has 0 N–H and O–H groups in total. The molecule has 3 aromatic rings. The Balaban J connectivity index is 1.47. The van der Waals surface area contributed by atoms with Crippen LogP contribution in [0.1, 0.15) is 55.1 Å². The first-order valence-corrected chi connectivity index (χ1v) is 11.7. The lowest BCUT2D eigenvalue weighted by molar-refractivity contribution is -0.0190. The molecule has 0 unspecified atom stereocenters. The lowest BCUT2D eigenvalue weighted by Crippen LogP contribution is -2.33. The van der Waals surface area contributed by atoms with E-state index in [4.69, 9.17) is 30.9 Å². The van der Waals surface area contributed by atoms with E-state index in [0.29, 0.717) is 5.02 Å². The highest BCUT2D eigenvalue weighted by Crippen LogP contribution is 2.48. The number of unbranched alkanes of at least 4 members (excludes halogenated alkanes) is 1. The molecule has 5 rings (SSSR count). The maximum Gasteiger partial charge on any atom is 0.213 e. The fourth-order valence-electron chi connectivity index (χ4n) is 4.30. The Bertz CT molecular complexity index is 1150. The first-order valence-electron chi connectivity index (χ1n) is 11.4. The number of nitrogens with zero attached hydrogens (tertiary/aromatic N) is 2. The largest absolute Gasteiger partial charge is 0.497 e. The normalized spacial score (nSPS) is 18.8. The van der Waals surface area contributed by atoms with Crippen molar-refractivity contribution in [3.05, 3.63) is 88.4 Å². The molecule has 0 spiro atoms. The molecule has 2 heterocycles. The van der Waals surface area contributed by atoms with Crippen LogP contribution < -0.4 is 14.2 Å². The van der Waals surface area contributed by atoms with Gasteiger partial charge < -0.3 is 14.2 Å². The number of ether oxygens (including phenoxy) is 3. The topological polar surface area (TPSA) is 43.3 Å². The van der Waals surface area contributed by atoms with Crippen LogP contribution in [0.25, 0.3) is 0 Å². The van der Waals surface area contributed by atoms with Crippen molar-refractivity contribution < 1.29 is 14.2 Å². The van der Waals surface area contributed by atoms with Gasteiger partial charge in [0.1, 0.15) is 17.2 Å². The summed E-state index contributed by atoms with van der Waals surface area (Å²) >= 11 is 6.34. The minimum absolute atomic E-state index is 0.0510. The van der Waals surface area contributed by atoms with Crippen LogP contribution in [0.15, 0.2) is 71.8 Å². The molecule has 2 aliphatic heterocycles. The van der Waals surface area contributed by atoms with Crippen molar-refractivity contribution in [1.29, 1.82) is 0 Å². The summed E-state index contributed by atoms with van der Waals surface area (Å²) in [5, 5.41) is 7.77. The summed E-state index contributed by atoms with van der Waals surface area (Å²) < 4.78 is 17.6. The third-order valence-electron chi connectivity index (χ3n) is 6.11. The summed E-state index contributed by atoms with van der Waals surface area (Å²) in [5.74, 6) is 2.55. The molecule has 0 amide bonds. The number of methoxy groups -OCH3 is 1. The number of rotatable bonds is 7. The van der Waals surface area contributed by atoms with Crippen molar-refractivity contribution in [3.63, 3.8) is 0 Å². The highest BCUT2D eigenvalue weighted by Gasteiger charge is 2.41. The molecule has 6 heteroatoms. The van der Waals surface area contributed by atoms with Gasteiger partial charge in [-0.2, -0.15) is 5.10 Å². The van der Waals surface area contributed by atoms with Crippen LogP contribution in [-0.2, 0) is 0 Å². The zero-order valence-corrected chi connectivity index (χ0v) is 19.6. The number of fused-ring (bicyclic) bond motifs is 3. The summed E-state index contributed by atoms with van der Waals surface area (Å²) in [6.45, 7) is 2.89. The molecule has 0 aromatic heterocycles. The minimum atomic E-state index is -0.330. The predicted octanol–water partition coefficient (Wildman–Crippen LogP) is 6.77. The Kier molecular flexibility index (Phi) is 6.14. The van der Waals surface area contributed by atoms with Gasteiger partial charge in [-0.05, 0) is 78.7 Å². The van der Waals surface area contributed by atoms with Gasteiger partial charge in [0.25, 0.3) is 0 Å². The second-order valence-corrected chi connectivity index (χ2v) is 8.73. The quantitative estimate of drug-likeness (QED) is 0.363. The first kappa shape index (κ1) is 21.7. The van der Waals surface area contributed by atoms with E-state index in [0.717, 1.165) is 65.5 Å². The van der Waals surface area contributed by atoms with E-state index < -0.39 is 0 Å². The smallest absolute Gasteiger partial charge is 0.213 e. The van der Waals surface area contributed by atoms with Crippen molar-refractivity contribution in [3.8, 4) is 17.2 Å². The molecule has 0 bridgehead atoms. The summed E-state index contributed by atoms with van der Waals surface area (Å²) in [6.07, 6.45) is 2.61. The fourth-order valence-corrected chi connectivity index (χ4v) is 4.48. The van der Waals surface area contributed by atoms with Crippen molar-refractivity contribution in [1.82, 2.24) is 5.01 Å². The van der Waals surface area contributed by atoms with Crippen LogP contribution in [0, 0.1) is 0 Å². The Morgan fingerprint density at radius 3 is 2.52 bits per heavy atom. The zero-order valence-electron chi connectivity index (χ0n) is 18.8. The van der Waals surface area contributed by atoms with Crippen molar-refractivity contribution in [2.45, 2.75) is 38.5 Å². The predicted molar refractivity (Wildman–Crippen MR) is 130 cm³/mol. The molecular formula is C27H27ClN2O3. The van der Waals surface area contributed by atoms with E-state index in [-0.39, 0.29) is 12.3 Å². The van der Waals surface area contributed by atoms with Crippen molar-refractivity contribution in [2.75, 3.05) is 13.7 Å². The summed E-state index contributed by atoms with van der Waals surface area (Å²) in [5.41, 5.74) is 4.18. The second-order valence-electron chi connectivity index (χ2n) is 8.30.